The second-order valence-electron chi connectivity index (χ2n) is 11.8. The molecule has 3 aliphatic rings. The van der Waals surface area contributed by atoms with E-state index in [0.29, 0.717) is 36.5 Å². The summed E-state index contributed by atoms with van der Waals surface area (Å²) >= 11 is 0. The van der Waals surface area contributed by atoms with E-state index in [9.17, 15) is 17.9 Å². The fourth-order valence-corrected chi connectivity index (χ4v) is 7.58. The number of hydrogen-bond acceptors (Lipinski definition) is 9. The third-order valence-corrected chi connectivity index (χ3v) is 10.1. The van der Waals surface area contributed by atoms with Gasteiger partial charge in [-0.2, -0.15) is 4.98 Å². The highest BCUT2D eigenvalue weighted by molar-refractivity contribution is 7.91. The first kappa shape index (κ1) is 26.2. The molecule has 208 valence electrons. The highest BCUT2D eigenvalue weighted by Crippen LogP contribution is 2.52. The molecule has 2 aromatic heterocycles. The van der Waals surface area contributed by atoms with Crippen molar-refractivity contribution in [1.29, 1.82) is 0 Å². The van der Waals surface area contributed by atoms with Gasteiger partial charge >= 0.3 is 0 Å². The molecule has 1 aliphatic carbocycles. The topological polar surface area (TPSA) is 112 Å². The molecule has 1 aromatic carbocycles. The number of alkyl halides is 1. The largest absolute Gasteiger partial charge is 0.390 e. The summed E-state index contributed by atoms with van der Waals surface area (Å²) in [5.41, 5.74) is 2.46. The number of aromatic nitrogens is 3. The van der Waals surface area contributed by atoms with Crippen molar-refractivity contribution in [2.24, 2.45) is 5.41 Å². The number of halogens is 1. The lowest BCUT2D eigenvalue weighted by Crippen LogP contribution is -2.65. The lowest BCUT2D eigenvalue weighted by atomic mass is 9.63. The molecule has 3 fully saturated rings. The maximum atomic E-state index is 14.1. The maximum absolute atomic E-state index is 14.1. The van der Waals surface area contributed by atoms with E-state index in [-0.39, 0.29) is 17.2 Å². The van der Waals surface area contributed by atoms with E-state index in [0.717, 1.165) is 42.4 Å². The molecule has 39 heavy (non-hydrogen) atoms. The smallest absolute Gasteiger partial charge is 0.227 e. The molecule has 2 aliphatic heterocycles. The predicted octanol–water partition coefficient (Wildman–Crippen LogP) is 3.81. The molecule has 4 heterocycles. The third-order valence-electron chi connectivity index (χ3n) is 8.54. The quantitative estimate of drug-likeness (QED) is 0.470. The van der Waals surface area contributed by atoms with E-state index in [1.807, 2.05) is 12.3 Å². The Morgan fingerprint density at radius 3 is 2.56 bits per heavy atom. The number of aliphatic hydroxyl groups excluding tert-OH is 1. The Hall–Kier alpha value is -3.05. The van der Waals surface area contributed by atoms with E-state index >= 15 is 0 Å². The van der Waals surface area contributed by atoms with Gasteiger partial charge in [0.1, 0.15) is 27.6 Å². The lowest BCUT2D eigenvalue weighted by Gasteiger charge is -2.59. The van der Waals surface area contributed by atoms with Crippen molar-refractivity contribution >= 4 is 43.9 Å². The van der Waals surface area contributed by atoms with Crippen LogP contribution in [-0.2, 0) is 9.84 Å². The number of hydrogen-bond donors (Lipinski definition) is 2. The molecule has 9 nitrogen and oxygen atoms in total. The van der Waals surface area contributed by atoms with Crippen LogP contribution >= 0.6 is 0 Å². The number of nitrogens with one attached hydrogen (secondary N) is 1. The van der Waals surface area contributed by atoms with Gasteiger partial charge in [0.2, 0.25) is 5.95 Å². The summed E-state index contributed by atoms with van der Waals surface area (Å²) in [6, 6.07) is 8.14. The third kappa shape index (κ3) is 4.91. The number of piperidine rings is 1. The maximum Gasteiger partial charge on any atom is 0.227 e. The van der Waals surface area contributed by atoms with E-state index in [2.05, 4.69) is 46.2 Å². The fourth-order valence-electron chi connectivity index (χ4n) is 6.27. The summed E-state index contributed by atoms with van der Waals surface area (Å²) in [5, 5.41) is 15.0. The van der Waals surface area contributed by atoms with E-state index < -0.39 is 22.1 Å². The number of rotatable bonds is 6. The number of nitrogens with zero attached hydrogens (tertiary/aromatic N) is 5. The molecule has 11 heteroatoms. The number of sulfone groups is 1. The van der Waals surface area contributed by atoms with Crippen molar-refractivity contribution in [2.75, 3.05) is 47.6 Å². The monoisotopic (exact) mass is 554 g/mol. The second kappa shape index (κ2) is 9.55. The molecule has 1 spiro atoms. The normalized spacial score (nSPS) is 23.2. The molecule has 3 aromatic rings. The van der Waals surface area contributed by atoms with Gasteiger partial charge < -0.3 is 20.2 Å². The minimum atomic E-state index is -2.96. The summed E-state index contributed by atoms with van der Waals surface area (Å²) in [6.45, 7) is 6.63. The van der Waals surface area contributed by atoms with Crippen LogP contribution in [0.3, 0.4) is 0 Å². The van der Waals surface area contributed by atoms with Gasteiger partial charge in [0, 0.05) is 54.8 Å². The molecule has 0 amide bonds. The second-order valence-corrected chi connectivity index (χ2v) is 14.2. The molecule has 2 unspecified atom stereocenters. The molecule has 2 saturated heterocycles. The minimum absolute atomic E-state index is 0.0616. The molecule has 6 rings (SSSR count). The van der Waals surface area contributed by atoms with Crippen LogP contribution in [0.1, 0.15) is 44.6 Å². The summed E-state index contributed by atoms with van der Waals surface area (Å²) in [7, 11) is -2.96. The van der Waals surface area contributed by atoms with Crippen LogP contribution in [0.5, 0.6) is 0 Å². The van der Waals surface area contributed by atoms with E-state index in [1.54, 1.807) is 17.2 Å². The Kier molecular flexibility index (Phi) is 6.41. The zero-order valence-electron chi connectivity index (χ0n) is 22.5. The van der Waals surface area contributed by atoms with Crippen molar-refractivity contribution in [3.63, 3.8) is 0 Å². The van der Waals surface area contributed by atoms with Crippen LogP contribution in [0.4, 0.5) is 27.7 Å². The van der Waals surface area contributed by atoms with Crippen molar-refractivity contribution in [3.05, 3.63) is 42.2 Å². The van der Waals surface area contributed by atoms with Crippen LogP contribution in [0, 0.1) is 5.41 Å². The Bertz CT molecular complexity index is 1500. The molecule has 1 saturated carbocycles. The van der Waals surface area contributed by atoms with Crippen molar-refractivity contribution in [2.45, 2.75) is 56.6 Å². The SMILES string of the molecule is CC(C)c1ccc(N2CC3(CC(S(C)(=O)=O)C3)C2)c2cnc(Nc3ccnc(N4CCC(O)C(F)C4)n3)cc12. The van der Waals surface area contributed by atoms with Crippen molar-refractivity contribution < 1.29 is 17.9 Å². The molecule has 0 bridgehead atoms. The van der Waals surface area contributed by atoms with Crippen LogP contribution in [-0.4, -0.2) is 78.4 Å². The molecule has 0 radical (unpaired) electrons. The molecular weight excluding hydrogens is 519 g/mol. The van der Waals surface area contributed by atoms with Crippen LogP contribution in [0.2, 0.25) is 0 Å². The van der Waals surface area contributed by atoms with Gasteiger partial charge in [0.25, 0.3) is 0 Å². The summed E-state index contributed by atoms with van der Waals surface area (Å²) in [4.78, 5) is 17.7. The Morgan fingerprint density at radius 2 is 1.87 bits per heavy atom. The first-order chi connectivity index (χ1) is 18.5. The van der Waals surface area contributed by atoms with Crippen LogP contribution < -0.4 is 15.1 Å². The van der Waals surface area contributed by atoms with Gasteiger partial charge in [-0.05, 0) is 54.3 Å². The zero-order chi connectivity index (χ0) is 27.5. The zero-order valence-corrected chi connectivity index (χ0v) is 23.3. The van der Waals surface area contributed by atoms with Gasteiger partial charge in [0.15, 0.2) is 0 Å². The first-order valence-electron chi connectivity index (χ1n) is 13.5. The number of pyridine rings is 1. The van der Waals surface area contributed by atoms with Gasteiger partial charge in [-0.25, -0.2) is 22.8 Å². The van der Waals surface area contributed by atoms with Crippen LogP contribution in [0.25, 0.3) is 10.8 Å². The Morgan fingerprint density at radius 1 is 1.10 bits per heavy atom. The predicted molar refractivity (Wildman–Crippen MR) is 151 cm³/mol. The number of aliphatic hydroxyl groups is 1. The number of fused-ring (bicyclic) bond motifs is 1. The standard InChI is InChI=1S/C28H35FN6O3S/c1-17(2)19-4-5-23(35-15-28(16-35)11-18(12-28)39(3,37)38)21-13-31-26(10-20(19)21)32-25-6-8-30-27(33-25)34-9-7-24(36)22(29)14-34/h4-6,8,10,13,17-18,22,24,36H,7,9,11-12,14-16H2,1-3H3,(H,30,31,32,33). The number of benzene rings is 1. The van der Waals surface area contributed by atoms with Crippen molar-refractivity contribution in [3.8, 4) is 0 Å². The summed E-state index contributed by atoms with van der Waals surface area (Å²) < 4.78 is 37.8. The average Bonchev–Trinajstić information content (AvgIpc) is 2.83. The average molecular weight is 555 g/mol. The minimum Gasteiger partial charge on any atom is -0.390 e. The number of anilines is 4. The summed E-state index contributed by atoms with van der Waals surface area (Å²) in [6.07, 6.45) is 4.45. The van der Waals surface area contributed by atoms with Gasteiger partial charge in [0.05, 0.1) is 17.9 Å². The van der Waals surface area contributed by atoms with E-state index in [4.69, 9.17) is 4.98 Å². The highest BCUT2D eigenvalue weighted by Gasteiger charge is 2.55. The Balaban J connectivity index is 1.23. The van der Waals surface area contributed by atoms with E-state index in [1.165, 1.54) is 11.8 Å². The Labute approximate surface area is 228 Å². The molecular formula is C28H35FN6O3S. The highest BCUT2D eigenvalue weighted by atomic mass is 32.2. The molecule has 2 atom stereocenters. The van der Waals surface area contributed by atoms with Gasteiger partial charge in [-0.15, -0.1) is 0 Å². The fraction of sp³-hybridized carbons (Fsp3) is 0.536. The van der Waals surface area contributed by atoms with Gasteiger partial charge in [-0.1, -0.05) is 19.9 Å². The lowest BCUT2D eigenvalue weighted by molar-refractivity contribution is 0.0612. The molecule has 2 N–H and O–H groups in total. The summed E-state index contributed by atoms with van der Waals surface area (Å²) in [5.74, 6) is 1.95. The first-order valence-corrected chi connectivity index (χ1v) is 15.5. The van der Waals surface area contributed by atoms with Gasteiger partial charge in [-0.3, -0.25) is 0 Å². The van der Waals surface area contributed by atoms with Crippen molar-refractivity contribution in [1.82, 2.24) is 15.0 Å². The van der Waals surface area contributed by atoms with Crippen LogP contribution in [0.15, 0.2) is 36.7 Å².